The van der Waals surface area contributed by atoms with E-state index < -0.39 is 27.8 Å². The average molecular weight is 311 g/mol. The van der Waals surface area contributed by atoms with E-state index in [1.165, 1.54) is 19.3 Å². The summed E-state index contributed by atoms with van der Waals surface area (Å²) >= 11 is 0. The second-order valence-corrected chi connectivity index (χ2v) is 7.17. The molecule has 0 bridgehead atoms. The largest absolute Gasteiger partial charge is 0.466 e. The lowest BCUT2D eigenvalue weighted by atomic mass is 9.68. The molecule has 1 N–H and O–H groups in total. The molecule has 1 rings (SSSR count). The molecule has 0 aromatic carbocycles. The molecule has 1 saturated heterocycles. The molecular formula is C15H21NO4S. The molecule has 0 spiro atoms. The van der Waals surface area contributed by atoms with Crippen LogP contribution in [0.5, 0.6) is 0 Å². The van der Waals surface area contributed by atoms with Gasteiger partial charge >= 0.3 is 5.97 Å². The van der Waals surface area contributed by atoms with E-state index in [9.17, 15) is 19.4 Å². The van der Waals surface area contributed by atoms with Gasteiger partial charge in [0.05, 0.1) is 18.6 Å². The van der Waals surface area contributed by atoms with Gasteiger partial charge in [-0.05, 0) is 19.4 Å². The molecule has 0 aromatic rings. The number of carbonyl (C=O) groups is 1. The van der Waals surface area contributed by atoms with Crippen molar-refractivity contribution in [2.45, 2.75) is 26.4 Å². The normalized spacial score (nSPS) is 37.2. The Balaban J connectivity index is 3.12. The second-order valence-electron chi connectivity index (χ2n) is 5.67. The van der Waals surface area contributed by atoms with E-state index in [0.29, 0.717) is 11.3 Å². The van der Waals surface area contributed by atoms with Crippen LogP contribution in [0.15, 0.2) is 23.8 Å². The molecule has 2 unspecified atom stereocenters. The molecule has 0 amide bonds. The standard InChI is InChI=1S/C15H21NO4S/c1-11(7-13(17)20-4)5-6-15(18)12(2)8-21(19)10-14(15,3)9-16/h5-7,12,18H,8,10H2,1-4H3/b6-5+,11-7-/t12-,14?,15-,21?/m0/s1. The number of hydrogen-bond acceptors (Lipinski definition) is 5. The summed E-state index contributed by atoms with van der Waals surface area (Å²) in [7, 11) is 0.170. The summed E-state index contributed by atoms with van der Waals surface area (Å²) < 4.78 is 16.3. The molecule has 1 aliphatic heterocycles. The van der Waals surface area contributed by atoms with Crippen LogP contribution in [0.4, 0.5) is 0 Å². The summed E-state index contributed by atoms with van der Waals surface area (Å²) in [6, 6.07) is 2.10. The first-order valence-electron chi connectivity index (χ1n) is 6.62. The van der Waals surface area contributed by atoms with E-state index in [1.54, 1.807) is 26.8 Å². The van der Waals surface area contributed by atoms with Crippen LogP contribution in [0.2, 0.25) is 0 Å². The van der Waals surface area contributed by atoms with Crippen LogP contribution in [0, 0.1) is 22.7 Å². The first-order valence-corrected chi connectivity index (χ1v) is 8.11. The fourth-order valence-electron chi connectivity index (χ4n) is 2.47. The summed E-state index contributed by atoms with van der Waals surface area (Å²) in [6.45, 7) is 5.09. The number of nitrogens with zero attached hydrogens (tertiary/aromatic N) is 1. The Hall–Kier alpha value is -1.45. The van der Waals surface area contributed by atoms with Gasteiger partial charge in [-0.2, -0.15) is 5.26 Å². The van der Waals surface area contributed by atoms with Gasteiger partial charge < -0.3 is 9.84 Å². The highest BCUT2D eigenvalue weighted by Crippen LogP contribution is 2.43. The van der Waals surface area contributed by atoms with Crippen LogP contribution >= 0.6 is 0 Å². The summed E-state index contributed by atoms with van der Waals surface area (Å²) in [5.41, 5.74) is -1.91. The monoisotopic (exact) mass is 311 g/mol. The molecule has 116 valence electrons. The van der Waals surface area contributed by atoms with Crippen molar-refractivity contribution in [2.24, 2.45) is 11.3 Å². The van der Waals surface area contributed by atoms with Gasteiger partial charge in [-0.15, -0.1) is 0 Å². The minimum atomic E-state index is -1.39. The van der Waals surface area contributed by atoms with Crippen molar-refractivity contribution < 1.29 is 18.8 Å². The Morgan fingerprint density at radius 3 is 2.71 bits per heavy atom. The maximum absolute atomic E-state index is 11.8. The zero-order valence-corrected chi connectivity index (χ0v) is 13.6. The van der Waals surface area contributed by atoms with E-state index in [0.717, 1.165) is 0 Å². The van der Waals surface area contributed by atoms with Crippen molar-refractivity contribution >= 4 is 16.8 Å². The molecule has 21 heavy (non-hydrogen) atoms. The molecular weight excluding hydrogens is 290 g/mol. The molecule has 1 heterocycles. The zero-order chi connectivity index (χ0) is 16.3. The highest BCUT2D eigenvalue weighted by Gasteiger charge is 2.53. The van der Waals surface area contributed by atoms with Gasteiger partial charge in [0.25, 0.3) is 0 Å². The molecule has 0 aromatic heterocycles. The van der Waals surface area contributed by atoms with Gasteiger partial charge in [-0.3, -0.25) is 4.21 Å². The summed E-state index contributed by atoms with van der Waals surface area (Å²) in [6.07, 6.45) is 4.43. The number of aliphatic hydroxyl groups is 1. The molecule has 6 heteroatoms. The number of ether oxygens (including phenoxy) is 1. The Bertz CT molecular complexity index is 548. The number of methoxy groups -OCH3 is 1. The van der Waals surface area contributed by atoms with E-state index in [2.05, 4.69) is 10.8 Å². The Morgan fingerprint density at radius 2 is 2.19 bits per heavy atom. The van der Waals surface area contributed by atoms with E-state index >= 15 is 0 Å². The first-order chi connectivity index (χ1) is 9.68. The number of allylic oxidation sites excluding steroid dienone is 2. The predicted molar refractivity (Wildman–Crippen MR) is 80.6 cm³/mol. The number of carbonyl (C=O) groups excluding carboxylic acids is 1. The van der Waals surface area contributed by atoms with Gasteiger partial charge in [0, 0.05) is 34.3 Å². The van der Waals surface area contributed by atoms with E-state index in [1.807, 2.05) is 0 Å². The lowest BCUT2D eigenvalue weighted by Crippen LogP contribution is -2.57. The molecule has 0 saturated carbocycles. The maximum atomic E-state index is 11.8. The lowest BCUT2D eigenvalue weighted by molar-refractivity contribution is -0.134. The van der Waals surface area contributed by atoms with Crippen molar-refractivity contribution in [2.75, 3.05) is 18.6 Å². The van der Waals surface area contributed by atoms with Crippen molar-refractivity contribution in [3.8, 4) is 6.07 Å². The number of rotatable bonds is 3. The lowest BCUT2D eigenvalue weighted by Gasteiger charge is -2.46. The SMILES string of the molecule is COC(=O)/C=C(C)\C=C\[C@]1(O)[C@@H](C)CS(=O)CC1(C)C#N. The smallest absolute Gasteiger partial charge is 0.330 e. The quantitative estimate of drug-likeness (QED) is 0.482. The van der Waals surface area contributed by atoms with Crippen LogP contribution < -0.4 is 0 Å². The Kier molecular flexibility index (Phi) is 5.48. The van der Waals surface area contributed by atoms with E-state index in [-0.39, 0.29) is 11.7 Å². The van der Waals surface area contributed by atoms with Crippen LogP contribution in [-0.2, 0) is 20.3 Å². The Morgan fingerprint density at radius 1 is 1.57 bits per heavy atom. The number of hydrogen-bond donors (Lipinski definition) is 1. The third-order valence-electron chi connectivity index (χ3n) is 3.91. The molecule has 1 fully saturated rings. The second kappa shape index (κ2) is 6.54. The minimum Gasteiger partial charge on any atom is -0.466 e. The topological polar surface area (TPSA) is 87.4 Å². The predicted octanol–water partition coefficient (Wildman–Crippen LogP) is 1.32. The molecule has 5 nitrogen and oxygen atoms in total. The first kappa shape index (κ1) is 17.6. The van der Waals surface area contributed by atoms with Crippen molar-refractivity contribution in [3.05, 3.63) is 23.8 Å². The fourth-order valence-corrected chi connectivity index (χ4v) is 4.34. The number of nitriles is 1. The average Bonchev–Trinajstić information content (AvgIpc) is 2.42. The minimum absolute atomic E-state index is 0.133. The molecule has 0 radical (unpaired) electrons. The number of esters is 1. The summed E-state index contributed by atoms with van der Waals surface area (Å²) in [5, 5.41) is 20.3. The van der Waals surface area contributed by atoms with Gasteiger partial charge in [-0.25, -0.2) is 4.79 Å². The highest BCUT2D eigenvalue weighted by atomic mass is 32.2. The molecule has 0 aliphatic carbocycles. The van der Waals surface area contributed by atoms with Gasteiger partial charge in [0.2, 0.25) is 0 Å². The van der Waals surface area contributed by atoms with Crippen molar-refractivity contribution in [1.82, 2.24) is 0 Å². The van der Waals surface area contributed by atoms with Crippen LogP contribution in [0.3, 0.4) is 0 Å². The van der Waals surface area contributed by atoms with E-state index in [4.69, 9.17) is 0 Å². The Labute approximate surface area is 127 Å². The van der Waals surface area contributed by atoms with Gasteiger partial charge in [-0.1, -0.05) is 19.1 Å². The van der Waals surface area contributed by atoms with Crippen molar-refractivity contribution in [1.29, 1.82) is 5.26 Å². The fraction of sp³-hybridized carbons (Fsp3) is 0.600. The van der Waals surface area contributed by atoms with Gasteiger partial charge in [0.15, 0.2) is 0 Å². The summed E-state index contributed by atoms with van der Waals surface area (Å²) in [4.78, 5) is 11.2. The van der Waals surface area contributed by atoms with Crippen LogP contribution in [-0.4, -0.2) is 39.5 Å². The molecule has 1 aliphatic rings. The van der Waals surface area contributed by atoms with Crippen LogP contribution in [0.1, 0.15) is 20.8 Å². The third kappa shape index (κ3) is 3.60. The summed E-state index contributed by atoms with van der Waals surface area (Å²) in [5.74, 6) is -0.323. The van der Waals surface area contributed by atoms with Crippen LogP contribution in [0.25, 0.3) is 0 Å². The third-order valence-corrected chi connectivity index (χ3v) is 5.69. The maximum Gasteiger partial charge on any atom is 0.330 e. The van der Waals surface area contributed by atoms with Crippen molar-refractivity contribution in [3.63, 3.8) is 0 Å². The zero-order valence-electron chi connectivity index (χ0n) is 12.8. The highest BCUT2D eigenvalue weighted by molar-refractivity contribution is 7.85. The van der Waals surface area contributed by atoms with Gasteiger partial charge in [0.1, 0.15) is 5.60 Å². The molecule has 4 atom stereocenters.